The van der Waals surface area contributed by atoms with E-state index >= 15 is 0 Å². The molecule has 0 aromatic carbocycles. The van der Waals surface area contributed by atoms with E-state index in [-0.39, 0.29) is 0 Å². The van der Waals surface area contributed by atoms with Crippen LogP contribution in [0.15, 0.2) is 42.7 Å². The molecule has 0 radical (unpaired) electrons. The van der Waals surface area contributed by atoms with Crippen LogP contribution in [0.1, 0.15) is 5.56 Å². The Morgan fingerprint density at radius 3 is 2.92 bits per heavy atom. The maximum atomic E-state index is 10.1. The van der Waals surface area contributed by atoms with Gasteiger partial charge in [0, 0.05) is 18.0 Å². The highest BCUT2D eigenvalue weighted by atomic mass is 16.1. The molecule has 2 nitrogen and oxygen atoms in total. The van der Waals surface area contributed by atoms with Crippen molar-refractivity contribution in [3.63, 3.8) is 0 Å². The van der Waals surface area contributed by atoms with Crippen LogP contribution in [-0.2, 0) is 4.79 Å². The minimum absolute atomic E-state index is 0.784. The Morgan fingerprint density at radius 1 is 1.15 bits per heavy atom. The van der Waals surface area contributed by atoms with Crippen molar-refractivity contribution in [1.29, 1.82) is 0 Å². The highest BCUT2D eigenvalue weighted by molar-refractivity contribution is 5.79. The highest BCUT2D eigenvalue weighted by Crippen LogP contribution is 2.13. The monoisotopic (exact) mass is 171 g/mol. The van der Waals surface area contributed by atoms with Crippen LogP contribution in [0.25, 0.3) is 11.6 Å². The van der Waals surface area contributed by atoms with E-state index in [0.717, 1.165) is 17.4 Å². The normalized spacial score (nSPS) is 11.1. The smallest absolute Gasteiger partial charge is 0.142 e. The van der Waals surface area contributed by atoms with E-state index in [1.54, 1.807) is 0 Å². The van der Waals surface area contributed by atoms with E-state index in [4.69, 9.17) is 0 Å². The minimum Gasteiger partial charge on any atom is -0.323 e. The van der Waals surface area contributed by atoms with Gasteiger partial charge in [0.25, 0.3) is 0 Å². The summed E-state index contributed by atoms with van der Waals surface area (Å²) < 4.78 is 2.02. The molecule has 2 heteroatoms. The van der Waals surface area contributed by atoms with E-state index in [1.165, 1.54) is 6.08 Å². The maximum Gasteiger partial charge on any atom is 0.142 e. The van der Waals surface area contributed by atoms with Gasteiger partial charge in [0.05, 0.1) is 5.52 Å². The predicted octanol–water partition coefficient (Wildman–Crippen LogP) is 2.15. The van der Waals surface area contributed by atoms with Gasteiger partial charge < -0.3 is 4.40 Å². The lowest BCUT2D eigenvalue weighted by Crippen LogP contribution is -1.78. The van der Waals surface area contributed by atoms with E-state index in [1.807, 2.05) is 47.1 Å². The molecule has 0 aliphatic heterocycles. The van der Waals surface area contributed by atoms with Gasteiger partial charge in [-0.05, 0) is 30.4 Å². The summed E-state index contributed by atoms with van der Waals surface area (Å²) in [5.41, 5.74) is 2.17. The zero-order valence-electron chi connectivity index (χ0n) is 7.05. The summed E-state index contributed by atoms with van der Waals surface area (Å²) in [4.78, 5) is 10.1. The summed E-state index contributed by atoms with van der Waals surface area (Å²) in [6.07, 6.45) is 8.05. The lowest BCUT2D eigenvalue weighted by Gasteiger charge is -1.92. The van der Waals surface area contributed by atoms with Gasteiger partial charge in [0.1, 0.15) is 6.29 Å². The van der Waals surface area contributed by atoms with Crippen LogP contribution in [0.3, 0.4) is 0 Å². The molecular formula is C11H9NO. The molecule has 2 aromatic heterocycles. The quantitative estimate of drug-likeness (QED) is 0.501. The van der Waals surface area contributed by atoms with E-state index in [0.29, 0.717) is 0 Å². The number of carbonyl (C=O) groups excluding carboxylic acids is 1. The van der Waals surface area contributed by atoms with Gasteiger partial charge in [-0.25, -0.2) is 0 Å². The molecule has 0 spiro atoms. The Labute approximate surface area is 76.1 Å². The number of rotatable bonds is 2. The molecule has 0 saturated carbocycles. The first-order valence-corrected chi connectivity index (χ1v) is 4.09. The zero-order chi connectivity index (χ0) is 9.10. The van der Waals surface area contributed by atoms with Crippen molar-refractivity contribution >= 4 is 17.9 Å². The number of aldehydes is 1. The van der Waals surface area contributed by atoms with Crippen LogP contribution in [0.2, 0.25) is 0 Å². The lowest BCUT2D eigenvalue weighted by atomic mass is 10.2. The number of hydrogen-bond acceptors (Lipinski definition) is 1. The van der Waals surface area contributed by atoms with Crippen LogP contribution in [0, 0.1) is 0 Å². The minimum atomic E-state index is 0.784. The first-order chi connectivity index (χ1) is 6.42. The van der Waals surface area contributed by atoms with Crippen molar-refractivity contribution in [2.75, 3.05) is 0 Å². The standard InChI is InChI=1S/C11H9NO/c13-9-3-4-10-6-8-12-7-2-1-5-11(10)12/h1-9H. The van der Waals surface area contributed by atoms with Crippen molar-refractivity contribution < 1.29 is 4.79 Å². The van der Waals surface area contributed by atoms with Gasteiger partial charge >= 0.3 is 0 Å². The molecule has 0 aliphatic carbocycles. The summed E-state index contributed by atoms with van der Waals surface area (Å²) in [5.74, 6) is 0. The molecule has 2 heterocycles. The third-order valence-corrected chi connectivity index (χ3v) is 1.95. The fourth-order valence-corrected chi connectivity index (χ4v) is 1.36. The Bertz CT molecular complexity index is 454. The number of aromatic nitrogens is 1. The zero-order valence-corrected chi connectivity index (χ0v) is 7.05. The number of nitrogens with zero attached hydrogens (tertiary/aromatic N) is 1. The highest BCUT2D eigenvalue weighted by Gasteiger charge is 1.95. The van der Waals surface area contributed by atoms with Crippen LogP contribution in [0.5, 0.6) is 0 Å². The summed E-state index contributed by atoms with van der Waals surface area (Å²) in [6.45, 7) is 0. The van der Waals surface area contributed by atoms with Gasteiger partial charge in [-0.2, -0.15) is 0 Å². The van der Waals surface area contributed by atoms with Crippen LogP contribution < -0.4 is 0 Å². The predicted molar refractivity (Wildman–Crippen MR) is 52.5 cm³/mol. The first kappa shape index (κ1) is 7.80. The fourth-order valence-electron chi connectivity index (χ4n) is 1.36. The van der Waals surface area contributed by atoms with E-state index < -0.39 is 0 Å². The molecule has 0 bridgehead atoms. The third-order valence-electron chi connectivity index (χ3n) is 1.95. The van der Waals surface area contributed by atoms with E-state index in [9.17, 15) is 4.79 Å². The second kappa shape index (κ2) is 3.27. The Balaban J connectivity index is 2.57. The number of carbonyl (C=O) groups is 1. The molecule has 0 unspecified atom stereocenters. The molecular weight excluding hydrogens is 162 g/mol. The Kier molecular flexibility index (Phi) is 1.96. The third kappa shape index (κ3) is 1.38. The van der Waals surface area contributed by atoms with Gasteiger partial charge in [-0.3, -0.25) is 4.79 Å². The van der Waals surface area contributed by atoms with Crippen LogP contribution >= 0.6 is 0 Å². The molecule has 2 aromatic rings. The van der Waals surface area contributed by atoms with E-state index in [2.05, 4.69) is 0 Å². The van der Waals surface area contributed by atoms with Gasteiger partial charge in [-0.15, -0.1) is 0 Å². The van der Waals surface area contributed by atoms with Crippen molar-refractivity contribution in [2.45, 2.75) is 0 Å². The summed E-state index contributed by atoms with van der Waals surface area (Å²) >= 11 is 0. The summed E-state index contributed by atoms with van der Waals surface area (Å²) in [5, 5.41) is 0. The lowest BCUT2D eigenvalue weighted by molar-refractivity contribution is -0.104. The van der Waals surface area contributed by atoms with Crippen molar-refractivity contribution in [2.24, 2.45) is 0 Å². The second-order valence-corrected chi connectivity index (χ2v) is 2.76. The van der Waals surface area contributed by atoms with Crippen LogP contribution in [0.4, 0.5) is 0 Å². The molecule has 0 saturated heterocycles. The summed E-state index contributed by atoms with van der Waals surface area (Å²) in [7, 11) is 0. The van der Waals surface area contributed by atoms with Crippen molar-refractivity contribution in [3.8, 4) is 0 Å². The first-order valence-electron chi connectivity index (χ1n) is 4.09. The topological polar surface area (TPSA) is 21.5 Å². The molecule has 2 rings (SSSR count). The Hall–Kier alpha value is -1.83. The number of hydrogen-bond donors (Lipinski definition) is 0. The van der Waals surface area contributed by atoms with Crippen molar-refractivity contribution in [3.05, 3.63) is 48.3 Å². The number of pyridine rings is 1. The molecule has 0 fully saturated rings. The second-order valence-electron chi connectivity index (χ2n) is 2.76. The average molecular weight is 171 g/mol. The SMILES string of the molecule is O=CC=Cc1ccn2ccccc12. The molecule has 0 atom stereocenters. The fraction of sp³-hybridized carbons (Fsp3) is 0. The number of allylic oxidation sites excluding steroid dienone is 1. The van der Waals surface area contributed by atoms with Crippen molar-refractivity contribution in [1.82, 2.24) is 4.40 Å². The molecule has 13 heavy (non-hydrogen) atoms. The molecule has 0 N–H and O–H groups in total. The van der Waals surface area contributed by atoms with Gasteiger partial charge in [0.15, 0.2) is 0 Å². The molecule has 64 valence electrons. The molecule has 0 aliphatic rings. The van der Waals surface area contributed by atoms with Crippen LogP contribution in [-0.4, -0.2) is 10.7 Å². The number of fused-ring (bicyclic) bond motifs is 1. The average Bonchev–Trinajstić information content (AvgIpc) is 2.58. The Morgan fingerprint density at radius 2 is 2.08 bits per heavy atom. The van der Waals surface area contributed by atoms with Gasteiger partial charge in [-0.1, -0.05) is 6.07 Å². The molecule has 0 amide bonds. The summed E-state index contributed by atoms with van der Waals surface area (Å²) in [6, 6.07) is 7.95. The maximum absolute atomic E-state index is 10.1. The van der Waals surface area contributed by atoms with Gasteiger partial charge in [0.2, 0.25) is 0 Å². The largest absolute Gasteiger partial charge is 0.323 e.